The van der Waals surface area contributed by atoms with Crippen LogP contribution in [0.15, 0.2) is 18.3 Å². The number of alkyl halides is 1. The van der Waals surface area contributed by atoms with Crippen molar-refractivity contribution in [3.8, 4) is 6.19 Å². The van der Waals surface area contributed by atoms with Crippen molar-refractivity contribution in [3.05, 3.63) is 29.0 Å². The minimum Gasteiger partial charge on any atom is -0.251 e. The van der Waals surface area contributed by atoms with Crippen LogP contribution in [0.4, 0.5) is 4.39 Å². The van der Waals surface area contributed by atoms with Gasteiger partial charge in [-0.1, -0.05) is 11.6 Å². The van der Waals surface area contributed by atoms with Gasteiger partial charge in [0.25, 0.3) is 0 Å². The van der Waals surface area contributed by atoms with Gasteiger partial charge in [0, 0.05) is 29.3 Å². The van der Waals surface area contributed by atoms with Crippen LogP contribution in [0, 0.1) is 11.5 Å². The smallest absolute Gasteiger partial charge is 0.188 e. The van der Waals surface area contributed by atoms with E-state index >= 15 is 0 Å². The number of pyridine rings is 1. The lowest BCUT2D eigenvalue weighted by atomic mass is 10.2. The Hall–Kier alpha value is -1.32. The summed E-state index contributed by atoms with van der Waals surface area (Å²) in [6.07, 6.45) is 4.36. The Balaban J connectivity index is 3.33. The molecular formula is C10H11ClFN3OS. The van der Waals surface area contributed by atoms with Gasteiger partial charge in [-0.3, -0.25) is 4.39 Å². The third-order valence-corrected chi connectivity index (χ3v) is 4.17. The first-order valence-corrected chi connectivity index (χ1v) is 7.04. The first-order valence-electron chi connectivity index (χ1n) is 4.70. The summed E-state index contributed by atoms with van der Waals surface area (Å²) in [5.41, 5.74) is 0.516. The molecular weight excluding hydrogens is 265 g/mol. The van der Waals surface area contributed by atoms with E-state index in [1.165, 1.54) is 18.5 Å². The van der Waals surface area contributed by atoms with E-state index in [1.807, 2.05) is 0 Å². The van der Waals surface area contributed by atoms with Crippen molar-refractivity contribution < 1.29 is 8.60 Å². The zero-order valence-electron chi connectivity index (χ0n) is 9.11. The minimum absolute atomic E-state index is 0.0205. The van der Waals surface area contributed by atoms with Gasteiger partial charge in [0.1, 0.15) is 5.15 Å². The fourth-order valence-corrected chi connectivity index (χ4v) is 2.79. The first kappa shape index (κ1) is 13.7. The van der Waals surface area contributed by atoms with Gasteiger partial charge in [-0.25, -0.2) is 13.9 Å². The summed E-state index contributed by atoms with van der Waals surface area (Å²) >= 11 is 5.64. The second kappa shape index (κ2) is 5.84. The van der Waals surface area contributed by atoms with Crippen LogP contribution in [0.2, 0.25) is 5.15 Å². The zero-order valence-corrected chi connectivity index (χ0v) is 10.7. The number of hydrogen-bond donors (Lipinski definition) is 1. The summed E-state index contributed by atoms with van der Waals surface area (Å²) in [5, 5.41) is 8.82. The zero-order chi connectivity index (χ0) is 12.9. The first-order chi connectivity index (χ1) is 8.01. The summed E-state index contributed by atoms with van der Waals surface area (Å²) in [4.78, 5) is 4.17. The monoisotopic (exact) mass is 275 g/mol. The average molecular weight is 276 g/mol. The van der Waals surface area contributed by atoms with Crippen molar-refractivity contribution in [2.45, 2.75) is 6.42 Å². The molecule has 1 unspecified atom stereocenters. The number of rotatable bonds is 4. The van der Waals surface area contributed by atoms with Crippen molar-refractivity contribution in [1.82, 2.24) is 9.71 Å². The highest BCUT2D eigenvalue weighted by molar-refractivity contribution is 8.00. The van der Waals surface area contributed by atoms with Gasteiger partial charge in [0.05, 0.1) is 16.4 Å². The summed E-state index contributed by atoms with van der Waals surface area (Å²) in [6, 6.07) is 3.12. The van der Waals surface area contributed by atoms with Gasteiger partial charge in [-0.15, -0.1) is 0 Å². The van der Waals surface area contributed by atoms with Crippen molar-refractivity contribution in [2.75, 3.05) is 12.9 Å². The van der Waals surface area contributed by atoms with E-state index in [1.54, 1.807) is 12.3 Å². The number of aromatic nitrogens is 1. The number of nitrogens with zero attached hydrogens (tertiary/aromatic N) is 2. The van der Waals surface area contributed by atoms with E-state index in [9.17, 15) is 8.60 Å². The van der Waals surface area contributed by atoms with Crippen molar-refractivity contribution in [3.63, 3.8) is 0 Å². The van der Waals surface area contributed by atoms with Gasteiger partial charge in [-0.05, 0) is 12.1 Å². The lowest BCUT2D eigenvalue weighted by Gasteiger charge is -2.11. The molecule has 0 aromatic carbocycles. The number of halogens is 2. The normalized spacial score (nSPS) is 13.5. The van der Waals surface area contributed by atoms with Crippen LogP contribution in [0.5, 0.6) is 0 Å². The predicted octanol–water partition coefficient (Wildman–Crippen LogP) is 1.51. The Morgan fingerprint density at radius 2 is 2.41 bits per heavy atom. The van der Waals surface area contributed by atoms with Crippen molar-refractivity contribution >= 4 is 26.2 Å². The molecule has 0 saturated carbocycles. The van der Waals surface area contributed by atoms with E-state index in [2.05, 4.69) is 9.71 Å². The van der Waals surface area contributed by atoms with Gasteiger partial charge in [0.15, 0.2) is 6.19 Å². The van der Waals surface area contributed by atoms with E-state index < -0.39 is 16.4 Å². The maximum Gasteiger partial charge on any atom is 0.188 e. The van der Waals surface area contributed by atoms with Crippen LogP contribution in [-0.2, 0) is 9.71 Å². The van der Waals surface area contributed by atoms with Crippen LogP contribution < -0.4 is 4.72 Å². The van der Waals surface area contributed by atoms with Crippen molar-refractivity contribution in [1.29, 1.82) is 5.26 Å². The number of hydrogen-bond acceptors (Lipinski definition) is 3. The lowest BCUT2D eigenvalue weighted by Crippen LogP contribution is -2.26. The fourth-order valence-electron chi connectivity index (χ4n) is 1.34. The summed E-state index contributed by atoms with van der Waals surface area (Å²) < 4.78 is 26.8. The molecule has 92 valence electrons. The van der Waals surface area contributed by atoms with Gasteiger partial charge in [-0.2, -0.15) is 5.26 Å². The molecule has 1 N–H and O–H groups in total. The molecule has 0 spiro atoms. The number of nitrogens with one attached hydrogen (secondary N) is 1. The Morgan fingerprint density at radius 1 is 1.71 bits per heavy atom. The van der Waals surface area contributed by atoms with Gasteiger partial charge in [0.2, 0.25) is 0 Å². The molecule has 0 fully saturated rings. The molecule has 0 saturated heterocycles. The highest BCUT2D eigenvalue weighted by Crippen LogP contribution is 2.10. The molecule has 0 bridgehead atoms. The molecule has 1 atom stereocenters. The Kier molecular flexibility index (Phi) is 4.73. The molecule has 7 heteroatoms. The molecule has 17 heavy (non-hydrogen) atoms. The lowest BCUT2D eigenvalue weighted by molar-refractivity contribution is 0.509. The molecule has 4 nitrogen and oxygen atoms in total. The van der Waals surface area contributed by atoms with Gasteiger partial charge < -0.3 is 0 Å². The summed E-state index contributed by atoms with van der Waals surface area (Å²) in [6.45, 7) is -0.657. The van der Waals surface area contributed by atoms with E-state index in [0.29, 0.717) is 15.6 Å². The second-order valence-electron chi connectivity index (χ2n) is 3.29. The average Bonchev–Trinajstić information content (AvgIpc) is 2.27. The largest absolute Gasteiger partial charge is 0.251 e. The summed E-state index contributed by atoms with van der Waals surface area (Å²) in [7, 11) is -2.77. The maximum atomic E-state index is 12.5. The Labute approximate surface area is 105 Å². The molecule has 1 rings (SSSR count). The predicted molar refractivity (Wildman–Crippen MR) is 66.8 cm³/mol. The minimum atomic E-state index is -2.77. The van der Waals surface area contributed by atoms with Crippen LogP contribution in [0.1, 0.15) is 12.0 Å². The Bertz CT molecular complexity index is 544. The van der Waals surface area contributed by atoms with Crippen LogP contribution >= 0.6 is 11.6 Å². The SMILES string of the molecule is CS(=O)(NC#N)=C(CCF)c1ccc(Cl)nc1. The molecule has 0 aliphatic rings. The fraction of sp³-hybridized carbons (Fsp3) is 0.300. The van der Waals surface area contributed by atoms with Crippen LogP contribution in [0.3, 0.4) is 0 Å². The van der Waals surface area contributed by atoms with E-state index in [4.69, 9.17) is 16.9 Å². The highest BCUT2D eigenvalue weighted by Gasteiger charge is 2.12. The molecule has 1 aromatic rings. The van der Waals surface area contributed by atoms with E-state index in [-0.39, 0.29) is 6.42 Å². The van der Waals surface area contributed by atoms with Crippen LogP contribution in [-0.4, -0.2) is 27.0 Å². The molecule has 0 aliphatic heterocycles. The van der Waals surface area contributed by atoms with Crippen LogP contribution in [0.25, 0.3) is 0 Å². The van der Waals surface area contributed by atoms with E-state index in [0.717, 1.165) is 0 Å². The molecule has 0 aliphatic carbocycles. The topological polar surface area (TPSA) is 65.8 Å². The number of nitriles is 1. The highest BCUT2D eigenvalue weighted by atomic mass is 35.5. The third kappa shape index (κ3) is 3.58. The Morgan fingerprint density at radius 3 is 2.88 bits per heavy atom. The molecule has 1 heterocycles. The summed E-state index contributed by atoms with van der Waals surface area (Å²) in [5.74, 6) is 0. The maximum absolute atomic E-state index is 12.5. The second-order valence-corrected chi connectivity index (χ2v) is 6.06. The molecule has 0 radical (unpaired) electrons. The third-order valence-electron chi connectivity index (χ3n) is 2.08. The quantitative estimate of drug-likeness (QED) is 0.298. The van der Waals surface area contributed by atoms with Gasteiger partial charge >= 0.3 is 0 Å². The standard InChI is InChI=1S/C10H11ClFN3OS/c1-17(16,15-7-13)9(4-5-12)8-2-3-10(11)14-6-8/h2-3,6H,4-5H2,1H3,(H,15,16). The molecule has 0 amide bonds. The van der Waals surface area contributed by atoms with Crippen molar-refractivity contribution in [2.24, 2.45) is 0 Å². The molecule has 1 aromatic heterocycles.